The molecule has 0 aliphatic heterocycles. The van der Waals surface area contributed by atoms with Gasteiger partial charge in [0.25, 0.3) is 0 Å². The zero-order valence-electron chi connectivity index (χ0n) is 8.64. The molecule has 3 nitrogen and oxygen atoms in total. The van der Waals surface area contributed by atoms with Crippen molar-refractivity contribution >= 4 is 17.7 Å². The van der Waals surface area contributed by atoms with Crippen molar-refractivity contribution in [3.05, 3.63) is 11.3 Å². The first kappa shape index (κ1) is 11.8. The van der Waals surface area contributed by atoms with Crippen LogP contribution in [-0.2, 0) is 4.79 Å². The molecule has 13 heavy (non-hydrogen) atoms. The van der Waals surface area contributed by atoms with Gasteiger partial charge in [-0.05, 0) is 27.7 Å². The molecule has 0 amide bonds. The highest BCUT2D eigenvalue weighted by atomic mass is 16.1. The second kappa shape index (κ2) is 5.41. The number of hydrogen-bond acceptors (Lipinski definition) is 3. The summed E-state index contributed by atoms with van der Waals surface area (Å²) in [5.41, 5.74) is 2.28. The summed E-state index contributed by atoms with van der Waals surface area (Å²) in [4.78, 5) is 15.2. The highest BCUT2D eigenvalue weighted by Crippen LogP contribution is 2.06. The van der Waals surface area contributed by atoms with Crippen LogP contribution < -0.4 is 0 Å². The van der Waals surface area contributed by atoms with Crippen LogP contribution in [0.15, 0.2) is 16.3 Å². The first-order valence-corrected chi connectivity index (χ1v) is 4.20. The van der Waals surface area contributed by atoms with Crippen LogP contribution in [0.5, 0.6) is 0 Å². The normalized spacial score (nSPS) is 13.7. The predicted molar refractivity (Wildman–Crippen MR) is 55.6 cm³/mol. The van der Waals surface area contributed by atoms with Gasteiger partial charge in [-0.25, -0.2) is 0 Å². The first-order chi connectivity index (χ1) is 5.99. The molecule has 3 heteroatoms. The molecule has 0 saturated heterocycles. The molecule has 0 unspecified atom stereocenters. The van der Waals surface area contributed by atoms with Gasteiger partial charge in [-0.2, -0.15) is 0 Å². The maximum Gasteiger partial charge on any atom is 0.157 e. The van der Waals surface area contributed by atoms with Gasteiger partial charge in [-0.15, -0.1) is 0 Å². The lowest BCUT2D eigenvalue weighted by molar-refractivity contribution is -0.113. The number of hydrogen-bond donors (Lipinski definition) is 1. The van der Waals surface area contributed by atoms with E-state index in [-0.39, 0.29) is 5.78 Å². The largest absolute Gasteiger partial charge is 0.313 e. The third-order valence-electron chi connectivity index (χ3n) is 1.83. The average molecular weight is 180 g/mol. The molecule has 0 heterocycles. The summed E-state index contributed by atoms with van der Waals surface area (Å²) in [6.45, 7) is 6.95. The molecule has 0 aromatic carbocycles. The molecule has 0 aliphatic carbocycles. The number of carbonyl (C=O) groups excluding carboxylic acids is 1. The molecule has 0 fully saturated rings. The summed E-state index contributed by atoms with van der Waals surface area (Å²) >= 11 is 0. The summed E-state index contributed by atoms with van der Waals surface area (Å²) < 4.78 is 0. The van der Waals surface area contributed by atoms with Crippen LogP contribution in [0.3, 0.4) is 0 Å². The maximum absolute atomic E-state index is 11.0. The van der Waals surface area contributed by atoms with Crippen molar-refractivity contribution in [1.29, 1.82) is 5.41 Å². The van der Waals surface area contributed by atoms with Crippen molar-refractivity contribution in [2.45, 2.75) is 34.1 Å². The fourth-order valence-electron chi connectivity index (χ4n) is 0.818. The number of aliphatic imine (C=N–C) groups is 1. The fraction of sp³-hybridized carbons (Fsp3) is 0.500. The van der Waals surface area contributed by atoms with Crippen LogP contribution in [0, 0.1) is 5.41 Å². The van der Waals surface area contributed by atoms with E-state index >= 15 is 0 Å². The van der Waals surface area contributed by atoms with Gasteiger partial charge in [0.15, 0.2) is 5.78 Å². The highest BCUT2D eigenvalue weighted by Gasteiger charge is 2.00. The zero-order valence-corrected chi connectivity index (χ0v) is 8.64. The molecular weight excluding hydrogens is 164 g/mol. The zero-order chi connectivity index (χ0) is 10.4. The maximum atomic E-state index is 11.0. The molecular formula is C10H16N2O. The Hall–Kier alpha value is -1.25. The van der Waals surface area contributed by atoms with Gasteiger partial charge in [0, 0.05) is 29.6 Å². The van der Waals surface area contributed by atoms with Gasteiger partial charge in [0.2, 0.25) is 0 Å². The van der Waals surface area contributed by atoms with E-state index in [4.69, 9.17) is 5.41 Å². The quantitative estimate of drug-likeness (QED) is 0.524. The minimum atomic E-state index is 0.0453. The van der Waals surface area contributed by atoms with Gasteiger partial charge in [0.1, 0.15) is 0 Å². The van der Waals surface area contributed by atoms with Gasteiger partial charge < -0.3 is 5.41 Å². The van der Waals surface area contributed by atoms with E-state index < -0.39 is 0 Å². The van der Waals surface area contributed by atoms with Crippen molar-refractivity contribution in [2.75, 3.05) is 0 Å². The smallest absolute Gasteiger partial charge is 0.157 e. The number of nitrogens with one attached hydrogen (secondary N) is 1. The second-order valence-corrected chi connectivity index (χ2v) is 3.02. The van der Waals surface area contributed by atoms with Crippen LogP contribution in [0.4, 0.5) is 0 Å². The Kier molecular flexibility index (Phi) is 4.89. The molecule has 0 aromatic rings. The second-order valence-electron chi connectivity index (χ2n) is 3.02. The van der Waals surface area contributed by atoms with Crippen molar-refractivity contribution in [3.8, 4) is 0 Å². The number of allylic oxidation sites excluding steroid dienone is 2. The Bertz CT molecular complexity index is 275. The Morgan fingerprint density at radius 3 is 2.23 bits per heavy atom. The van der Waals surface area contributed by atoms with E-state index in [1.807, 2.05) is 13.8 Å². The van der Waals surface area contributed by atoms with Gasteiger partial charge in [-0.3, -0.25) is 9.79 Å². The van der Waals surface area contributed by atoms with Crippen molar-refractivity contribution < 1.29 is 4.79 Å². The summed E-state index contributed by atoms with van der Waals surface area (Å²) in [5, 5.41) is 6.88. The van der Waals surface area contributed by atoms with E-state index in [1.54, 1.807) is 6.92 Å². The minimum absolute atomic E-state index is 0.0453. The molecule has 0 saturated carbocycles. The fourth-order valence-corrected chi connectivity index (χ4v) is 0.818. The molecule has 0 aromatic heterocycles. The molecule has 1 N–H and O–H groups in total. The first-order valence-electron chi connectivity index (χ1n) is 4.20. The molecule has 0 bridgehead atoms. The summed E-state index contributed by atoms with van der Waals surface area (Å²) in [7, 11) is 0. The number of ketones is 1. The molecule has 0 aliphatic rings. The highest BCUT2D eigenvalue weighted by molar-refractivity contribution is 5.96. The van der Waals surface area contributed by atoms with E-state index in [0.717, 1.165) is 11.4 Å². The van der Waals surface area contributed by atoms with Gasteiger partial charge in [0.05, 0.1) is 0 Å². The third-order valence-corrected chi connectivity index (χ3v) is 1.83. The summed E-state index contributed by atoms with van der Waals surface area (Å²) in [6, 6.07) is 0. The van der Waals surface area contributed by atoms with Crippen LogP contribution >= 0.6 is 0 Å². The standard InChI is InChI=1S/C10H16N2O/c1-7(5-6-11)12-9(3)8(2)10(4)13/h6,11H,5H2,1-4H3/b9-8+,11-6?,12-7?. The Morgan fingerprint density at radius 2 is 1.85 bits per heavy atom. The molecule has 0 atom stereocenters. The Balaban J connectivity index is 4.69. The van der Waals surface area contributed by atoms with Crippen molar-refractivity contribution in [3.63, 3.8) is 0 Å². The molecule has 0 spiro atoms. The van der Waals surface area contributed by atoms with E-state index in [9.17, 15) is 4.79 Å². The number of nitrogens with zero attached hydrogens (tertiary/aromatic N) is 1. The van der Waals surface area contributed by atoms with Crippen LogP contribution in [0.1, 0.15) is 34.1 Å². The average Bonchev–Trinajstić information content (AvgIpc) is 2.03. The summed E-state index contributed by atoms with van der Waals surface area (Å²) in [5.74, 6) is 0.0453. The number of carbonyl (C=O) groups is 1. The number of rotatable bonds is 4. The van der Waals surface area contributed by atoms with E-state index in [2.05, 4.69) is 4.99 Å². The lowest BCUT2D eigenvalue weighted by atomic mass is 10.2. The SMILES string of the molecule is CC(=O)/C(C)=C(\C)N=C(C)CC=N. The Morgan fingerprint density at radius 1 is 1.31 bits per heavy atom. The van der Waals surface area contributed by atoms with Gasteiger partial charge >= 0.3 is 0 Å². The lowest BCUT2D eigenvalue weighted by Gasteiger charge is -2.00. The Labute approximate surface area is 79.1 Å². The lowest BCUT2D eigenvalue weighted by Crippen LogP contribution is -1.97. The summed E-state index contributed by atoms with van der Waals surface area (Å²) in [6.07, 6.45) is 1.84. The van der Waals surface area contributed by atoms with Crippen molar-refractivity contribution in [2.24, 2.45) is 4.99 Å². The van der Waals surface area contributed by atoms with Crippen molar-refractivity contribution in [1.82, 2.24) is 0 Å². The van der Waals surface area contributed by atoms with E-state index in [0.29, 0.717) is 12.0 Å². The number of Topliss-reactive ketones (excluding diaryl/α,β-unsaturated/α-hetero) is 1. The minimum Gasteiger partial charge on any atom is -0.313 e. The van der Waals surface area contributed by atoms with Crippen LogP contribution in [0.2, 0.25) is 0 Å². The molecule has 72 valence electrons. The van der Waals surface area contributed by atoms with Crippen LogP contribution in [-0.4, -0.2) is 17.7 Å². The molecule has 0 radical (unpaired) electrons. The monoisotopic (exact) mass is 180 g/mol. The van der Waals surface area contributed by atoms with Gasteiger partial charge in [-0.1, -0.05) is 0 Å². The predicted octanol–water partition coefficient (Wildman–Crippen LogP) is 2.37. The topological polar surface area (TPSA) is 53.3 Å². The molecule has 0 rings (SSSR count). The van der Waals surface area contributed by atoms with Crippen LogP contribution in [0.25, 0.3) is 0 Å². The van der Waals surface area contributed by atoms with E-state index in [1.165, 1.54) is 13.1 Å². The third kappa shape index (κ3) is 4.35.